The average molecular weight is 391 g/mol. The van der Waals surface area contributed by atoms with Crippen LogP contribution >= 0.6 is 15.9 Å². The molecule has 0 saturated carbocycles. The van der Waals surface area contributed by atoms with Crippen molar-refractivity contribution in [1.29, 1.82) is 0 Å². The largest absolute Gasteiger partial charge is 0.481 e. The molecule has 0 bridgehead atoms. The minimum Gasteiger partial charge on any atom is -0.481 e. The zero-order valence-electron chi connectivity index (χ0n) is 13.5. The SMILES string of the molecule is Cc1ccc(CC(=O)NNC(=O)C(C)Oc2cccc(Br)c2)cc1. The molecule has 0 aliphatic rings. The lowest BCUT2D eigenvalue weighted by atomic mass is 10.1. The Bertz CT molecular complexity index is 716. The smallest absolute Gasteiger partial charge is 0.279 e. The van der Waals surface area contributed by atoms with Gasteiger partial charge in [-0.05, 0) is 37.6 Å². The van der Waals surface area contributed by atoms with Crippen molar-refractivity contribution in [2.24, 2.45) is 0 Å². The van der Waals surface area contributed by atoms with Crippen LogP contribution in [0.25, 0.3) is 0 Å². The molecule has 6 heteroatoms. The highest BCUT2D eigenvalue weighted by Crippen LogP contribution is 2.18. The third kappa shape index (κ3) is 5.70. The van der Waals surface area contributed by atoms with Gasteiger partial charge in [-0.15, -0.1) is 0 Å². The molecule has 126 valence electrons. The van der Waals surface area contributed by atoms with E-state index in [-0.39, 0.29) is 12.3 Å². The topological polar surface area (TPSA) is 67.4 Å². The Kier molecular flexibility index (Phi) is 6.37. The van der Waals surface area contributed by atoms with Crippen LogP contribution in [-0.4, -0.2) is 17.9 Å². The lowest BCUT2D eigenvalue weighted by Crippen LogP contribution is -2.47. The Morgan fingerprint density at radius 2 is 1.83 bits per heavy atom. The van der Waals surface area contributed by atoms with Crippen LogP contribution in [-0.2, 0) is 16.0 Å². The van der Waals surface area contributed by atoms with E-state index in [1.165, 1.54) is 0 Å². The third-order valence-electron chi connectivity index (χ3n) is 3.29. The van der Waals surface area contributed by atoms with Gasteiger partial charge in [0.15, 0.2) is 6.10 Å². The molecule has 0 radical (unpaired) electrons. The Labute approximate surface area is 149 Å². The number of rotatable bonds is 5. The van der Waals surface area contributed by atoms with Crippen LogP contribution in [0.3, 0.4) is 0 Å². The summed E-state index contributed by atoms with van der Waals surface area (Å²) in [6, 6.07) is 14.8. The van der Waals surface area contributed by atoms with E-state index < -0.39 is 12.0 Å². The summed E-state index contributed by atoms with van der Waals surface area (Å²) >= 11 is 3.34. The van der Waals surface area contributed by atoms with Crippen molar-refractivity contribution in [3.8, 4) is 5.75 Å². The summed E-state index contributed by atoms with van der Waals surface area (Å²) in [6.07, 6.45) is -0.541. The van der Waals surface area contributed by atoms with Crippen LogP contribution in [0.15, 0.2) is 53.0 Å². The molecule has 0 aliphatic heterocycles. The molecule has 2 aromatic rings. The van der Waals surface area contributed by atoms with Crippen molar-refractivity contribution in [2.75, 3.05) is 0 Å². The molecular weight excluding hydrogens is 372 g/mol. The third-order valence-corrected chi connectivity index (χ3v) is 3.78. The number of nitrogens with one attached hydrogen (secondary N) is 2. The van der Waals surface area contributed by atoms with E-state index >= 15 is 0 Å². The first-order valence-corrected chi connectivity index (χ1v) is 8.30. The van der Waals surface area contributed by atoms with Crippen molar-refractivity contribution in [3.63, 3.8) is 0 Å². The van der Waals surface area contributed by atoms with Crippen molar-refractivity contribution < 1.29 is 14.3 Å². The fourth-order valence-electron chi connectivity index (χ4n) is 1.97. The molecule has 2 N–H and O–H groups in total. The number of carbonyl (C=O) groups is 2. The van der Waals surface area contributed by atoms with E-state index in [1.807, 2.05) is 43.3 Å². The van der Waals surface area contributed by atoms with Crippen LogP contribution in [0.2, 0.25) is 0 Å². The number of hydrogen-bond acceptors (Lipinski definition) is 3. The Hall–Kier alpha value is -2.34. The summed E-state index contributed by atoms with van der Waals surface area (Å²) in [4.78, 5) is 23.8. The maximum absolute atomic E-state index is 12.0. The normalized spacial score (nSPS) is 11.5. The van der Waals surface area contributed by atoms with E-state index in [1.54, 1.807) is 19.1 Å². The number of hydrazine groups is 1. The van der Waals surface area contributed by atoms with Crippen molar-refractivity contribution >= 4 is 27.7 Å². The number of benzene rings is 2. The Morgan fingerprint density at radius 3 is 2.50 bits per heavy atom. The van der Waals surface area contributed by atoms with Crippen LogP contribution in [0, 0.1) is 6.92 Å². The highest BCUT2D eigenvalue weighted by atomic mass is 79.9. The van der Waals surface area contributed by atoms with E-state index in [2.05, 4.69) is 26.8 Å². The summed E-state index contributed by atoms with van der Waals surface area (Å²) in [5.74, 6) is -0.146. The molecule has 0 fully saturated rings. The van der Waals surface area contributed by atoms with Gasteiger partial charge in [0.25, 0.3) is 5.91 Å². The van der Waals surface area contributed by atoms with Gasteiger partial charge in [-0.3, -0.25) is 20.4 Å². The van der Waals surface area contributed by atoms with Gasteiger partial charge in [-0.25, -0.2) is 0 Å². The summed E-state index contributed by atoms with van der Waals surface area (Å²) in [5, 5.41) is 0. The predicted octanol–water partition coefficient (Wildman–Crippen LogP) is 2.91. The lowest BCUT2D eigenvalue weighted by Gasteiger charge is -2.15. The van der Waals surface area contributed by atoms with Crippen LogP contribution in [0.5, 0.6) is 5.75 Å². The molecule has 1 atom stereocenters. The van der Waals surface area contributed by atoms with Gasteiger partial charge in [0.05, 0.1) is 6.42 Å². The first kappa shape index (κ1) is 18.0. The number of ether oxygens (including phenoxy) is 1. The molecule has 0 aliphatic carbocycles. The first-order chi connectivity index (χ1) is 11.4. The van der Waals surface area contributed by atoms with E-state index in [0.717, 1.165) is 15.6 Å². The lowest BCUT2D eigenvalue weighted by molar-refractivity contribution is -0.132. The van der Waals surface area contributed by atoms with Gasteiger partial charge in [-0.2, -0.15) is 0 Å². The maximum Gasteiger partial charge on any atom is 0.279 e. The minimum absolute atomic E-state index is 0.196. The molecule has 0 heterocycles. The van der Waals surface area contributed by atoms with Crippen molar-refractivity contribution in [2.45, 2.75) is 26.4 Å². The fraction of sp³-hybridized carbons (Fsp3) is 0.222. The van der Waals surface area contributed by atoms with Crippen LogP contribution < -0.4 is 15.6 Å². The van der Waals surface area contributed by atoms with E-state index in [0.29, 0.717) is 5.75 Å². The molecule has 2 rings (SSSR count). The maximum atomic E-state index is 12.0. The quantitative estimate of drug-likeness (QED) is 0.771. The van der Waals surface area contributed by atoms with E-state index in [9.17, 15) is 9.59 Å². The molecule has 0 aromatic heterocycles. The molecule has 0 saturated heterocycles. The van der Waals surface area contributed by atoms with Gasteiger partial charge in [0, 0.05) is 4.47 Å². The summed E-state index contributed by atoms with van der Waals surface area (Å²) in [7, 11) is 0. The van der Waals surface area contributed by atoms with Crippen LogP contribution in [0.4, 0.5) is 0 Å². The van der Waals surface area contributed by atoms with Crippen molar-refractivity contribution in [3.05, 3.63) is 64.1 Å². The standard InChI is InChI=1S/C18H19BrN2O3/c1-12-6-8-14(9-7-12)10-17(22)20-21-18(23)13(2)24-16-5-3-4-15(19)11-16/h3-9,11,13H,10H2,1-2H3,(H,20,22)(H,21,23). The zero-order chi connectivity index (χ0) is 17.5. The molecule has 0 spiro atoms. The highest BCUT2D eigenvalue weighted by molar-refractivity contribution is 9.10. The number of aryl methyl sites for hydroxylation is 1. The summed E-state index contributed by atoms with van der Waals surface area (Å²) in [6.45, 7) is 3.60. The minimum atomic E-state index is -0.737. The monoisotopic (exact) mass is 390 g/mol. The van der Waals surface area contributed by atoms with E-state index in [4.69, 9.17) is 4.74 Å². The Balaban J connectivity index is 1.79. The van der Waals surface area contributed by atoms with Gasteiger partial charge in [0.1, 0.15) is 5.75 Å². The molecule has 2 aromatic carbocycles. The predicted molar refractivity (Wildman–Crippen MR) is 95.4 cm³/mol. The number of hydrogen-bond donors (Lipinski definition) is 2. The molecular formula is C18H19BrN2O3. The summed E-state index contributed by atoms with van der Waals surface area (Å²) in [5.41, 5.74) is 6.78. The number of halogens is 1. The average Bonchev–Trinajstić information content (AvgIpc) is 2.54. The van der Waals surface area contributed by atoms with Gasteiger partial charge < -0.3 is 4.74 Å². The van der Waals surface area contributed by atoms with Gasteiger partial charge in [-0.1, -0.05) is 51.8 Å². The molecule has 5 nitrogen and oxygen atoms in total. The Morgan fingerprint density at radius 1 is 1.12 bits per heavy atom. The number of amides is 2. The fourth-order valence-corrected chi connectivity index (χ4v) is 2.34. The van der Waals surface area contributed by atoms with Crippen LogP contribution in [0.1, 0.15) is 18.1 Å². The zero-order valence-corrected chi connectivity index (χ0v) is 15.1. The molecule has 2 amide bonds. The number of carbonyl (C=O) groups excluding carboxylic acids is 2. The second kappa shape index (κ2) is 8.49. The second-order valence-corrected chi connectivity index (χ2v) is 6.33. The first-order valence-electron chi connectivity index (χ1n) is 7.50. The summed E-state index contributed by atoms with van der Waals surface area (Å²) < 4.78 is 6.39. The van der Waals surface area contributed by atoms with Crippen molar-refractivity contribution in [1.82, 2.24) is 10.9 Å². The molecule has 24 heavy (non-hydrogen) atoms. The van der Waals surface area contributed by atoms with Gasteiger partial charge >= 0.3 is 0 Å². The molecule has 1 unspecified atom stereocenters. The van der Waals surface area contributed by atoms with Gasteiger partial charge in [0.2, 0.25) is 5.91 Å². The second-order valence-electron chi connectivity index (χ2n) is 5.42. The highest BCUT2D eigenvalue weighted by Gasteiger charge is 2.15.